The lowest BCUT2D eigenvalue weighted by molar-refractivity contribution is 0.280. The van der Waals surface area contributed by atoms with Crippen molar-refractivity contribution >= 4 is 5.69 Å². The first-order valence-corrected chi connectivity index (χ1v) is 6.26. The van der Waals surface area contributed by atoms with E-state index in [9.17, 15) is 0 Å². The third kappa shape index (κ3) is 2.22. The van der Waals surface area contributed by atoms with Crippen molar-refractivity contribution in [3.05, 3.63) is 41.5 Å². The van der Waals surface area contributed by atoms with Gasteiger partial charge in [-0.15, -0.1) is 0 Å². The van der Waals surface area contributed by atoms with Gasteiger partial charge in [0.05, 0.1) is 0 Å². The van der Waals surface area contributed by atoms with Crippen molar-refractivity contribution in [1.29, 1.82) is 0 Å². The molecule has 1 aliphatic rings. The van der Waals surface area contributed by atoms with Crippen molar-refractivity contribution in [3.63, 3.8) is 0 Å². The van der Waals surface area contributed by atoms with Gasteiger partial charge in [-0.05, 0) is 30.2 Å². The highest BCUT2D eigenvalue weighted by Gasteiger charge is 2.19. The molecule has 2 heterocycles. The molecule has 1 aromatic heterocycles. The van der Waals surface area contributed by atoms with Crippen LogP contribution in [0.3, 0.4) is 0 Å². The molecule has 0 amide bonds. The van der Waals surface area contributed by atoms with Crippen LogP contribution < -0.4 is 5.73 Å². The largest absolute Gasteiger partial charge is 0.398 e. The van der Waals surface area contributed by atoms with Crippen LogP contribution in [0.1, 0.15) is 23.4 Å². The van der Waals surface area contributed by atoms with Gasteiger partial charge in [0.25, 0.3) is 0 Å². The van der Waals surface area contributed by atoms with Gasteiger partial charge >= 0.3 is 0 Å². The minimum absolute atomic E-state index is 0.922. The molecule has 2 aromatic rings. The summed E-state index contributed by atoms with van der Waals surface area (Å²) < 4.78 is 0. The average molecular weight is 243 g/mol. The maximum Gasteiger partial charge on any atom is 0.137 e. The Balaban J connectivity index is 1.53. The van der Waals surface area contributed by atoms with Crippen molar-refractivity contribution in [2.24, 2.45) is 0 Å². The number of aromatic amines is 1. The van der Waals surface area contributed by atoms with E-state index in [0.29, 0.717) is 0 Å². The van der Waals surface area contributed by atoms with E-state index in [1.807, 2.05) is 12.1 Å². The molecule has 5 heteroatoms. The first kappa shape index (κ1) is 11.2. The topological polar surface area (TPSA) is 70.8 Å². The highest BCUT2D eigenvalue weighted by molar-refractivity contribution is 5.52. The van der Waals surface area contributed by atoms with Gasteiger partial charge in [0.1, 0.15) is 12.2 Å². The maximum atomic E-state index is 5.99. The summed E-state index contributed by atoms with van der Waals surface area (Å²) in [7, 11) is 0. The zero-order valence-electron chi connectivity index (χ0n) is 10.3. The van der Waals surface area contributed by atoms with Crippen LogP contribution in [0.25, 0.3) is 0 Å². The quantitative estimate of drug-likeness (QED) is 0.795. The number of H-pyrrole nitrogens is 1. The Morgan fingerprint density at radius 1 is 1.33 bits per heavy atom. The van der Waals surface area contributed by atoms with E-state index >= 15 is 0 Å². The fourth-order valence-corrected chi connectivity index (χ4v) is 2.50. The normalized spacial score (nSPS) is 14.9. The van der Waals surface area contributed by atoms with Crippen molar-refractivity contribution in [2.75, 3.05) is 12.3 Å². The summed E-state index contributed by atoms with van der Waals surface area (Å²) in [5, 5.41) is 6.74. The zero-order valence-corrected chi connectivity index (χ0v) is 10.3. The molecule has 5 nitrogen and oxygen atoms in total. The molecular formula is C13H17N5. The van der Waals surface area contributed by atoms with Crippen LogP contribution in [0.5, 0.6) is 0 Å². The monoisotopic (exact) mass is 243 g/mol. The number of nitrogens with one attached hydrogen (secondary N) is 1. The van der Waals surface area contributed by atoms with Crippen LogP contribution in [0.2, 0.25) is 0 Å². The van der Waals surface area contributed by atoms with Crippen molar-refractivity contribution in [2.45, 2.75) is 25.9 Å². The number of aromatic nitrogens is 3. The lowest BCUT2D eigenvalue weighted by atomic mass is 10.1. The molecule has 3 N–H and O–H groups in total. The Bertz CT molecular complexity index is 520. The van der Waals surface area contributed by atoms with E-state index < -0.39 is 0 Å². The van der Waals surface area contributed by atoms with Crippen LogP contribution in [-0.2, 0) is 19.5 Å². The van der Waals surface area contributed by atoms with Gasteiger partial charge in [-0.2, -0.15) is 5.10 Å². The number of anilines is 1. The first-order chi connectivity index (χ1) is 8.83. The van der Waals surface area contributed by atoms with Gasteiger partial charge in [-0.25, -0.2) is 4.98 Å². The minimum atomic E-state index is 0.922. The van der Waals surface area contributed by atoms with Gasteiger partial charge in [0.2, 0.25) is 0 Å². The highest BCUT2D eigenvalue weighted by atomic mass is 15.2. The number of rotatable bonds is 4. The molecule has 3 rings (SSSR count). The molecule has 0 bridgehead atoms. The predicted octanol–water partition coefficient (Wildman–Crippen LogP) is 1.34. The average Bonchev–Trinajstić information content (AvgIpc) is 2.98. The molecule has 0 spiro atoms. The molecular weight excluding hydrogens is 226 g/mol. The van der Waals surface area contributed by atoms with Gasteiger partial charge in [0.15, 0.2) is 0 Å². The molecule has 1 aliphatic heterocycles. The van der Waals surface area contributed by atoms with E-state index in [-0.39, 0.29) is 0 Å². The summed E-state index contributed by atoms with van der Waals surface area (Å²) in [6.07, 6.45) is 3.59. The molecule has 94 valence electrons. The minimum Gasteiger partial charge on any atom is -0.398 e. The third-order valence-corrected chi connectivity index (χ3v) is 3.44. The van der Waals surface area contributed by atoms with Gasteiger partial charge in [-0.1, -0.05) is 12.1 Å². The number of aryl methyl sites for hydroxylation is 1. The van der Waals surface area contributed by atoms with Crippen molar-refractivity contribution < 1.29 is 0 Å². The van der Waals surface area contributed by atoms with Crippen LogP contribution in [0.4, 0.5) is 5.69 Å². The second kappa shape index (κ2) is 4.78. The Morgan fingerprint density at radius 3 is 3.06 bits per heavy atom. The number of hydrogen-bond donors (Lipinski definition) is 2. The van der Waals surface area contributed by atoms with Crippen LogP contribution in [0, 0.1) is 0 Å². The molecule has 0 atom stereocenters. The Morgan fingerprint density at radius 2 is 2.28 bits per heavy atom. The summed E-state index contributed by atoms with van der Waals surface area (Å²) in [4.78, 5) is 6.56. The second-order valence-corrected chi connectivity index (χ2v) is 4.73. The van der Waals surface area contributed by atoms with Crippen LogP contribution in [-0.4, -0.2) is 26.6 Å². The molecule has 0 unspecified atom stereocenters. The van der Waals surface area contributed by atoms with Crippen molar-refractivity contribution in [3.8, 4) is 0 Å². The molecule has 0 aliphatic carbocycles. The number of benzene rings is 1. The van der Waals surface area contributed by atoms with Gasteiger partial charge < -0.3 is 5.73 Å². The molecule has 0 fully saturated rings. The number of nitrogens with zero attached hydrogens (tertiary/aromatic N) is 3. The van der Waals surface area contributed by atoms with E-state index in [0.717, 1.165) is 44.0 Å². The standard InChI is InChI=1S/C13H17N5/c14-12-4-1-3-10-7-18(8-11(10)12)6-2-5-13-15-9-16-17-13/h1,3-4,9H,2,5-8,14H2,(H,15,16,17). The number of nitrogens with two attached hydrogens (primary N) is 1. The van der Waals surface area contributed by atoms with E-state index in [1.54, 1.807) is 6.33 Å². The lowest BCUT2D eigenvalue weighted by Crippen LogP contribution is -2.18. The Labute approximate surface area is 106 Å². The number of hydrogen-bond acceptors (Lipinski definition) is 4. The first-order valence-electron chi connectivity index (χ1n) is 6.26. The smallest absolute Gasteiger partial charge is 0.137 e. The predicted molar refractivity (Wildman–Crippen MR) is 69.7 cm³/mol. The summed E-state index contributed by atoms with van der Waals surface area (Å²) in [5.41, 5.74) is 9.58. The Hall–Kier alpha value is -1.88. The number of fused-ring (bicyclic) bond motifs is 1. The highest BCUT2D eigenvalue weighted by Crippen LogP contribution is 2.27. The second-order valence-electron chi connectivity index (χ2n) is 4.73. The van der Waals surface area contributed by atoms with E-state index in [2.05, 4.69) is 26.1 Å². The molecule has 0 radical (unpaired) electrons. The lowest BCUT2D eigenvalue weighted by Gasteiger charge is -2.13. The molecule has 0 saturated carbocycles. The maximum absolute atomic E-state index is 5.99. The van der Waals surface area contributed by atoms with E-state index in [4.69, 9.17) is 5.73 Å². The number of nitrogen functional groups attached to an aromatic ring is 1. The van der Waals surface area contributed by atoms with Gasteiger partial charge in [-0.3, -0.25) is 10.00 Å². The van der Waals surface area contributed by atoms with Crippen LogP contribution in [0.15, 0.2) is 24.5 Å². The van der Waals surface area contributed by atoms with E-state index in [1.165, 1.54) is 11.1 Å². The zero-order chi connectivity index (χ0) is 12.4. The SMILES string of the molecule is Nc1cccc2c1CN(CCCc1ncn[nH]1)C2. The molecule has 0 saturated heterocycles. The summed E-state index contributed by atoms with van der Waals surface area (Å²) in [6, 6.07) is 6.19. The molecule has 1 aromatic carbocycles. The summed E-state index contributed by atoms with van der Waals surface area (Å²) in [6.45, 7) is 3.05. The fourth-order valence-electron chi connectivity index (χ4n) is 2.50. The summed E-state index contributed by atoms with van der Waals surface area (Å²) in [5.74, 6) is 0.964. The Kier molecular flexibility index (Phi) is 2.98. The van der Waals surface area contributed by atoms with Crippen molar-refractivity contribution in [1.82, 2.24) is 20.1 Å². The third-order valence-electron chi connectivity index (χ3n) is 3.44. The van der Waals surface area contributed by atoms with Gasteiger partial charge in [0, 0.05) is 25.2 Å². The molecule has 18 heavy (non-hydrogen) atoms. The van der Waals surface area contributed by atoms with Crippen LogP contribution >= 0.6 is 0 Å². The fraction of sp³-hybridized carbons (Fsp3) is 0.385. The summed E-state index contributed by atoms with van der Waals surface area (Å²) >= 11 is 0.